The number of carboxylic acids is 1. The first-order valence-electron chi connectivity index (χ1n) is 5.52. The van der Waals surface area contributed by atoms with E-state index in [1.54, 1.807) is 13.1 Å². The van der Waals surface area contributed by atoms with Gasteiger partial charge in [-0.25, -0.2) is 19.0 Å². The fourth-order valence-corrected chi connectivity index (χ4v) is 1.71. The topological polar surface area (TPSA) is 72.2 Å². The molecule has 0 saturated heterocycles. The van der Waals surface area contributed by atoms with Gasteiger partial charge in [0, 0.05) is 12.4 Å². The lowest BCUT2D eigenvalue weighted by Gasteiger charge is -2.07. The van der Waals surface area contributed by atoms with Crippen molar-refractivity contribution in [2.75, 3.05) is 0 Å². The maximum absolute atomic E-state index is 13.5. The second-order valence-corrected chi connectivity index (χ2v) is 4.16. The highest BCUT2D eigenvalue weighted by Gasteiger charge is 2.10. The summed E-state index contributed by atoms with van der Waals surface area (Å²) in [5.41, 5.74) is 0.478. The zero-order valence-electron chi connectivity index (χ0n) is 10.1. The molecule has 0 saturated carbocycles. The van der Waals surface area contributed by atoms with Crippen LogP contribution in [0.1, 0.15) is 21.5 Å². The molecule has 98 valence electrons. The van der Waals surface area contributed by atoms with Crippen molar-refractivity contribution in [3.63, 3.8) is 0 Å². The van der Waals surface area contributed by atoms with Crippen LogP contribution in [-0.4, -0.2) is 20.6 Å². The van der Waals surface area contributed by atoms with E-state index in [1.807, 2.05) is 0 Å². The van der Waals surface area contributed by atoms with Crippen LogP contribution in [0.2, 0.25) is 0 Å². The van der Waals surface area contributed by atoms with Crippen LogP contribution in [0.3, 0.4) is 0 Å². The number of halogens is 1. The van der Waals surface area contributed by atoms with E-state index in [2.05, 4.69) is 4.98 Å². The summed E-state index contributed by atoms with van der Waals surface area (Å²) < 4.78 is 14.8. The zero-order valence-corrected chi connectivity index (χ0v) is 10.1. The molecule has 0 aliphatic heterocycles. The third-order valence-corrected chi connectivity index (χ3v) is 2.60. The molecule has 0 amide bonds. The SMILES string of the molecule is Cc1cnc(=O)n(Cc2ccc(C(=O)O)c(F)c2)c1. The number of aromatic nitrogens is 2. The van der Waals surface area contributed by atoms with Crippen molar-refractivity contribution in [2.45, 2.75) is 13.5 Å². The summed E-state index contributed by atoms with van der Waals surface area (Å²) in [6, 6.07) is 3.76. The summed E-state index contributed by atoms with van der Waals surface area (Å²) in [6.07, 6.45) is 3.06. The van der Waals surface area contributed by atoms with Crippen molar-refractivity contribution in [2.24, 2.45) is 0 Å². The van der Waals surface area contributed by atoms with E-state index in [4.69, 9.17) is 5.11 Å². The summed E-state index contributed by atoms with van der Waals surface area (Å²) in [5.74, 6) is -2.14. The lowest BCUT2D eigenvalue weighted by Crippen LogP contribution is -2.23. The Labute approximate surface area is 108 Å². The summed E-state index contributed by atoms with van der Waals surface area (Å²) in [5, 5.41) is 8.72. The number of aryl methyl sites for hydroxylation is 1. The van der Waals surface area contributed by atoms with Crippen molar-refractivity contribution < 1.29 is 14.3 Å². The lowest BCUT2D eigenvalue weighted by molar-refractivity contribution is 0.0692. The van der Waals surface area contributed by atoms with Crippen molar-refractivity contribution in [3.8, 4) is 0 Å². The lowest BCUT2D eigenvalue weighted by atomic mass is 10.1. The Balaban J connectivity index is 2.34. The highest BCUT2D eigenvalue weighted by atomic mass is 19.1. The predicted molar refractivity (Wildman–Crippen MR) is 65.7 cm³/mol. The van der Waals surface area contributed by atoms with Gasteiger partial charge in [0.2, 0.25) is 0 Å². The first-order chi connectivity index (χ1) is 8.97. The van der Waals surface area contributed by atoms with Crippen molar-refractivity contribution >= 4 is 5.97 Å². The largest absolute Gasteiger partial charge is 0.478 e. The molecule has 0 atom stereocenters. The first kappa shape index (κ1) is 12.9. The van der Waals surface area contributed by atoms with E-state index in [9.17, 15) is 14.0 Å². The van der Waals surface area contributed by atoms with Gasteiger partial charge < -0.3 is 5.11 Å². The molecule has 19 heavy (non-hydrogen) atoms. The van der Waals surface area contributed by atoms with Gasteiger partial charge in [0.1, 0.15) is 5.82 Å². The fraction of sp³-hybridized carbons (Fsp3) is 0.154. The van der Waals surface area contributed by atoms with Crippen molar-refractivity contribution in [1.82, 2.24) is 9.55 Å². The average molecular weight is 262 g/mol. The van der Waals surface area contributed by atoms with Crippen LogP contribution in [0.5, 0.6) is 0 Å². The van der Waals surface area contributed by atoms with Gasteiger partial charge in [-0.2, -0.15) is 0 Å². The van der Waals surface area contributed by atoms with E-state index in [0.717, 1.165) is 11.6 Å². The van der Waals surface area contributed by atoms with Gasteiger partial charge in [0.25, 0.3) is 0 Å². The molecule has 1 aromatic carbocycles. The van der Waals surface area contributed by atoms with Gasteiger partial charge >= 0.3 is 11.7 Å². The first-order valence-corrected chi connectivity index (χ1v) is 5.52. The molecule has 1 heterocycles. The Bertz CT molecular complexity index is 695. The van der Waals surface area contributed by atoms with Crippen molar-refractivity contribution in [3.05, 3.63) is 63.6 Å². The van der Waals surface area contributed by atoms with Crippen molar-refractivity contribution in [1.29, 1.82) is 0 Å². The highest BCUT2D eigenvalue weighted by Crippen LogP contribution is 2.11. The summed E-state index contributed by atoms with van der Waals surface area (Å²) in [6.45, 7) is 1.93. The van der Waals surface area contributed by atoms with Gasteiger partial charge in [-0.3, -0.25) is 4.57 Å². The van der Waals surface area contributed by atoms with E-state index in [1.165, 1.54) is 22.9 Å². The number of aromatic carboxylic acids is 1. The van der Waals surface area contributed by atoms with Gasteiger partial charge in [-0.1, -0.05) is 6.07 Å². The maximum Gasteiger partial charge on any atom is 0.347 e. The number of carbonyl (C=O) groups is 1. The Hall–Kier alpha value is -2.50. The normalized spacial score (nSPS) is 10.4. The fourth-order valence-electron chi connectivity index (χ4n) is 1.71. The van der Waals surface area contributed by atoms with E-state index in [0.29, 0.717) is 5.56 Å². The molecule has 0 aliphatic carbocycles. The van der Waals surface area contributed by atoms with Crippen LogP contribution in [0.25, 0.3) is 0 Å². The second-order valence-electron chi connectivity index (χ2n) is 4.16. The van der Waals surface area contributed by atoms with Crippen LogP contribution in [0.15, 0.2) is 35.4 Å². The van der Waals surface area contributed by atoms with E-state index >= 15 is 0 Å². The molecular formula is C13H11FN2O3. The molecule has 0 unspecified atom stereocenters. The predicted octanol–water partition coefficient (Wildman–Crippen LogP) is 1.44. The molecule has 0 radical (unpaired) electrons. The van der Waals surface area contributed by atoms with Crippen LogP contribution < -0.4 is 5.69 Å². The van der Waals surface area contributed by atoms with E-state index in [-0.39, 0.29) is 6.54 Å². The molecule has 0 spiro atoms. The molecular weight excluding hydrogens is 251 g/mol. The molecule has 2 rings (SSSR count). The average Bonchev–Trinajstić information content (AvgIpc) is 2.33. The van der Waals surface area contributed by atoms with Gasteiger partial charge in [0.15, 0.2) is 0 Å². The monoisotopic (exact) mass is 262 g/mol. The molecule has 1 aromatic heterocycles. The quantitative estimate of drug-likeness (QED) is 0.908. The van der Waals surface area contributed by atoms with Crippen LogP contribution in [0.4, 0.5) is 4.39 Å². The van der Waals surface area contributed by atoms with Gasteiger partial charge in [-0.05, 0) is 30.2 Å². The molecule has 5 nitrogen and oxygen atoms in total. The second kappa shape index (κ2) is 5.01. The molecule has 0 bridgehead atoms. The standard InChI is InChI=1S/C13H11FN2O3/c1-8-5-15-13(19)16(6-8)7-9-2-3-10(12(17)18)11(14)4-9/h2-6H,7H2,1H3,(H,17,18). The summed E-state index contributed by atoms with van der Waals surface area (Å²) in [7, 11) is 0. The van der Waals surface area contributed by atoms with Gasteiger partial charge in [0.05, 0.1) is 12.1 Å². The summed E-state index contributed by atoms with van der Waals surface area (Å²) in [4.78, 5) is 25.8. The molecule has 0 aliphatic rings. The summed E-state index contributed by atoms with van der Waals surface area (Å²) >= 11 is 0. The minimum atomic E-state index is -1.32. The number of hydrogen-bond acceptors (Lipinski definition) is 3. The number of nitrogens with zero attached hydrogens (tertiary/aromatic N) is 2. The number of rotatable bonds is 3. The highest BCUT2D eigenvalue weighted by molar-refractivity contribution is 5.87. The van der Waals surface area contributed by atoms with Gasteiger partial charge in [-0.15, -0.1) is 0 Å². The van der Waals surface area contributed by atoms with Crippen LogP contribution in [0, 0.1) is 12.7 Å². The molecule has 1 N–H and O–H groups in total. The number of carboxylic acid groups (broad SMARTS) is 1. The van der Waals surface area contributed by atoms with E-state index < -0.39 is 23.0 Å². The minimum Gasteiger partial charge on any atom is -0.478 e. The Morgan fingerprint density at radius 3 is 2.84 bits per heavy atom. The molecule has 0 fully saturated rings. The Morgan fingerprint density at radius 2 is 2.21 bits per heavy atom. The Morgan fingerprint density at radius 1 is 1.47 bits per heavy atom. The van der Waals surface area contributed by atoms with Crippen LogP contribution >= 0.6 is 0 Å². The number of benzene rings is 1. The third kappa shape index (κ3) is 2.85. The van der Waals surface area contributed by atoms with Crippen LogP contribution in [-0.2, 0) is 6.54 Å². The Kier molecular flexibility index (Phi) is 3.41. The zero-order chi connectivity index (χ0) is 14.0. The molecule has 2 aromatic rings. The number of hydrogen-bond donors (Lipinski definition) is 1. The smallest absolute Gasteiger partial charge is 0.347 e. The minimum absolute atomic E-state index is 0.143. The maximum atomic E-state index is 13.5. The third-order valence-electron chi connectivity index (χ3n) is 2.60. The molecule has 6 heteroatoms.